The van der Waals surface area contributed by atoms with E-state index in [0.717, 1.165) is 0 Å². The van der Waals surface area contributed by atoms with Crippen molar-refractivity contribution in [3.05, 3.63) is 11.4 Å². The van der Waals surface area contributed by atoms with E-state index in [1.54, 1.807) is 0 Å². The second-order valence-electron chi connectivity index (χ2n) is 1.51. The maximum absolute atomic E-state index is 10.4. The molecule has 0 unspecified atom stereocenters. The fourth-order valence-electron chi connectivity index (χ4n) is 0.361. The Hall–Kier alpha value is -1.66. The van der Waals surface area contributed by atoms with Crippen molar-refractivity contribution >= 4 is 12.0 Å². The molecule has 58 valence electrons. The molecule has 5 nitrogen and oxygen atoms in total. The van der Waals surface area contributed by atoms with Crippen molar-refractivity contribution in [2.75, 3.05) is 19.7 Å². The number of carbonyl (C=O) groups is 1. The van der Waals surface area contributed by atoms with Gasteiger partial charge >= 0.3 is 12.5 Å². The lowest BCUT2D eigenvalue weighted by Gasteiger charge is -1.94. The van der Waals surface area contributed by atoms with Crippen LogP contribution in [0.25, 0.3) is 4.85 Å². The summed E-state index contributed by atoms with van der Waals surface area (Å²) >= 11 is 0. The van der Waals surface area contributed by atoms with Crippen molar-refractivity contribution in [3.8, 4) is 0 Å². The van der Waals surface area contributed by atoms with Gasteiger partial charge in [0, 0.05) is 0 Å². The molecule has 0 spiro atoms. The molecule has 0 saturated heterocycles. The summed E-state index contributed by atoms with van der Waals surface area (Å²) in [4.78, 5) is 25.9. The zero-order valence-electron chi connectivity index (χ0n) is 5.74. The summed E-state index contributed by atoms with van der Waals surface area (Å²) in [6.45, 7) is 6.14. The third-order valence-electron chi connectivity index (χ3n) is 0.739. The number of aliphatic imine (C=N–C) groups is 1. The molecule has 0 aliphatic rings. The SMILES string of the molecule is [C-]#[N+]CC(=O)OCCN=C=O. The molecule has 0 aliphatic heterocycles. The minimum Gasteiger partial charge on any atom is -0.458 e. The van der Waals surface area contributed by atoms with E-state index in [2.05, 4.69) is 14.6 Å². The lowest BCUT2D eigenvalue weighted by Crippen LogP contribution is -2.09. The summed E-state index contributed by atoms with van der Waals surface area (Å²) < 4.78 is 4.46. The predicted octanol–water partition coefficient (Wildman–Crippen LogP) is -0.215. The number of nitrogens with zero attached hydrogens (tertiary/aromatic N) is 2. The second kappa shape index (κ2) is 6.46. The first-order valence-corrected chi connectivity index (χ1v) is 2.83. The zero-order valence-corrected chi connectivity index (χ0v) is 5.74. The van der Waals surface area contributed by atoms with Crippen LogP contribution in [0.1, 0.15) is 0 Å². The van der Waals surface area contributed by atoms with Crippen LogP contribution in [0.15, 0.2) is 4.99 Å². The summed E-state index contributed by atoms with van der Waals surface area (Å²) in [6, 6.07) is 0. The van der Waals surface area contributed by atoms with Crippen molar-refractivity contribution < 1.29 is 14.3 Å². The third-order valence-corrected chi connectivity index (χ3v) is 0.739. The van der Waals surface area contributed by atoms with Gasteiger partial charge in [-0.25, -0.2) is 21.2 Å². The van der Waals surface area contributed by atoms with E-state index < -0.39 is 5.97 Å². The Bertz CT molecular complexity index is 212. The van der Waals surface area contributed by atoms with Crippen LogP contribution in [-0.4, -0.2) is 31.7 Å². The van der Waals surface area contributed by atoms with Gasteiger partial charge in [-0.15, -0.1) is 0 Å². The topological polar surface area (TPSA) is 60.1 Å². The number of hydrogen-bond donors (Lipinski definition) is 0. The van der Waals surface area contributed by atoms with Crippen LogP contribution in [0, 0.1) is 6.57 Å². The first-order chi connectivity index (χ1) is 5.31. The summed E-state index contributed by atoms with van der Waals surface area (Å²) in [5.41, 5.74) is 0. The molecule has 5 heteroatoms. The normalized spacial score (nSPS) is 7.55. The molecule has 0 atom stereocenters. The molecule has 0 aromatic carbocycles. The van der Waals surface area contributed by atoms with E-state index in [0.29, 0.717) is 0 Å². The minimum absolute atomic E-state index is 0.0313. The van der Waals surface area contributed by atoms with Crippen LogP contribution in [0.2, 0.25) is 0 Å². The van der Waals surface area contributed by atoms with Crippen molar-refractivity contribution in [3.63, 3.8) is 0 Å². The molecule has 0 saturated carbocycles. The van der Waals surface area contributed by atoms with Crippen molar-refractivity contribution in [1.29, 1.82) is 0 Å². The Morgan fingerprint density at radius 1 is 1.73 bits per heavy atom. The number of ether oxygens (including phenoxy) is 1. The summed E-state index contributed by atoms with van der Waals surface area (Å²) in [5.74, 6) is -0.596. The van der Waals surface area contributed by atoms with E-state index >= 15 is 0 Å². The lowest BCUT2D eigenvalue weighted by atomic mass is 10.6. The Balaban J connectivity index is 3.33. The van der Waals surface area contributed by atoms with Crippen LogP contribution in [0.3, 0.4) is 0 Å². The maximum Gasteiger partial charge on any atom is 0.387 e. The fourth-order valence-corrected chi connectivity index (χ4v) is 0.361. The quantitative estimate of drug-likeness (QED) is 0.185. The van der Waals surface area contributed by atoms with Gasteiger partial charge in [-0.3, -0.25) is 0 Å². The van der Waals surface area contributed by atoms with Crippen LogP contribution in [0.5, 0.6) is 0 Å². The van der Waals surface area contributed by atoms with Crippen LogP contribution in [0.4, 0.5) is 0 Å². The number of carbonyl (C=O) groups excluding carboxylic acids is 2. The Labute approximate surface area is 63.5 Å². The van der Waals surface area contributed by atoms with E-state index in [1.165, 1.54) is 6.08 Å². The van der Waals surface area contributed by atoms with Gasteiger partial charge in [-0.05, 0) is 0 Å². The number of rotatable bonds is 4. The highest BCUT2D eigenvalue weighted by atomic mass is 16.5. The van der Waals surface area contributed by atoms with Crippen molar-refractivity contribution in [1.82, 2.24) is 0 Å². The van der Waals surface area contributed by atoms with Crippen molar-refractivity contribution in [2.24, 2.45) is 4.99 Å². The summed E-state index contributed by atoms with van der Waals surface area (Å²) in [5, 5.41) is 0. The fraction of sp³-hybridized carbons (Fsp3) is 0.500. The molecule has 0 fully saturated rings. The molecular formula is C6H6N2O3. The van der Waals surface area contributed by atoms with Crippen LogP contribution >= 0.6 is 0 Å². The van der Waals surface area contributed by atoms with Gasteiger partial charge in [0.25, 0.3) is 0 Å². The highest BCUT2D eigenvalue weighted by molar-refractivity contribution is 5.73. The van der Waals surface area contributed by atoms with Gasteiger partial charge in [0.05, 0.1) is 6.54 Å². The smallest absolute Gasteiger partial charge is 0.387 e. The molecule has 0 bridgehead atoms. The zero-order chi connectivity index (χ0) is 8.53. The number of isocyanates is 1. The molecular weight excluding hydrogens is 148 g/mol. The average molecular weight is 154 g/mol. The highest BCUT2D eigenvalue weighted by Gasteiger charge is 2.02. The molecule has 0 N–H and O–H groups in total. The average Bonchev–Trinajstić information content (AvgIpc) is 1.99. The molecule has 11 heavy (non-hydrogen) atoms. The molecule has 0 heterocycles. The number of esters is 1. The van der Waals surface area contributed by atoms with Gasteiger partial charge in [0.15, 0.2) is 0 Å². The second-order valence-corrected chi connectivity index (χ2v) is 1.51. The highest BCUT2D eigenvalue weighted by Crippen LogP contribution is 1.79. The van der Waals surface area contributed by atoms with E-state index in [1.807, 2.05) is 0 Å². The lowest BCUT2D eigenvalue weighted by molar-refractivity contribution is -0.140. The van der Waals surface area contributed by atoms with Gasteiger partial charge in [-0.1, -0.05) is 0 Å². The molecule has 0 aromatic heterocycles. The largest absolute Gasteiger partial charge is 0.458 e. The van der Waals surface area contributed by atoms with E-state index in [-0.39, 0.29) is 19.7 Å². The van der Waals surface area contributed by atoms with E-state index in [9.17, 15) is 9.59 Å². The predicted molar refractivity (Wildman–Crippen MR) is 35.4 cm³/mol. The molecule has 0 aliphatic carbocycles. The standard InChI is InChI=1S/C6H6N2O3/c1-7-4-6(10)11-3-2-8-5-9/h2-4H2. The van der Waals surface area contributed by atoms with Crippen LogP contribution < -0.4 is 0 Å². The minimum atomic E-state index is -0.596. The Morgan fingerprint density at radius 3 is 3.00 bits per heavy atom. The van der Waals surface area contributed by atoms with Gasteiger partial charge in [0.2, 0.25) is 6.08 Å². The monoisotopic (exact) mass is 154 g/mol. The molecule has 0 rings (SSSR count). The van der Waals surface area contributed by atoms with Crippen molar-refractivity contribution in [2.45, 2.75) is 0 Å². The molecule has 0 amide bonds. The first-order valence-electron chi connectivity index (χ1n) is 2.83. The molecule has 0 radical (unpaired) electrons. The summed E-state index contributed by atoms with van der Waals surface area (Å²) in [6.07, 6.45) is 1.30. The summed E-state index contributed by atoms with van der Waals surface area (Å²) in [7, 11) is 0. The van der Waals surface area contributed by atoms with Gasteiger partial charge < -0.3 is 9.58 Å². The molecule has 0 aromatic rings. The van der Waals surface area contributed by atoms with Gasteiger partial charge in [0.1, 0.15) is 6.61 Å². The first kappa shape index (κ1) is 9.34. The number of hydrogen-bond acceptors (Lipinski definition) is 4. The van der Waals surface area contributed by atoms with Crippen LogP contribution in [-0.2, 0) is 14.3 Å². The maximum atomic E-state index is 10.4. The Kier molecular flexibility index (Phi) is 5.49. The van der Waals surface area contributed by atoms with Gasteiger partial charge in [-0.2, -0.15) is 0 Å². The third kappa shape index (κ3) is 6.22. The Morgan fingerprint density at radius 2 is 2.45 bits per heavy atom. The van der Waals surface area contributed by atoms with E-state index in [4.69, 9.17) is 6.57 Å².